The number of benzene rings is 2. The normalized spacial score (nSPS) is 10.4. The number of carbonyl (C=O) groups is 1. The number of hydrogen-bond donors (Lipinski definition) is 0. The van der Waals surface area contributed by atoms with Gasteiger partial charge in [0.05, 0.1) is 0 Å². The van der Waals surface area contributed by atoms with Crippen molar-refractivity contribution in [2.75, 3.05) is 0 Å². The van der Waals surface area contributed by atoms with Crippen molar-refractivity contribution in [3.05, 3.63) is 93.8 Å². The Hall–Kier alpha value is -2.94. The van der Waals surface area contributed by atoms with Gasteiger partial charge in [0.2, 0.25) is 0 Å². The lowest BCUT2D eigenvalue weighted by Crippen LogP contribution is -2.15. The number of aryl methyl sites for hydroxylation is 1. The second kappa shape index (κ2) is 5.82. The maximum absolute atomic E-state index is 12.4. The second-order valence-corrected chi connectivity index (χ2v) is 5.02. The van der Waals surface area contributed by atoms with E-state index in [1.165, 1.54) is 0 Å². The molecule has 2 aromatic carbocycles. The van der Waals surface area contributed by atoms with Gasteiger partial charge in [0.25, 0.3) is 0 Å². The summed E-state index contributed by atoms with van der Waals surface area (Å²) >= 11 is 0. The van der Waals surface area contributed by atoms with E-state index in [1.807, 2.05) is 43.3 Å². The van der Waals surface area contributed by atoms with Crippen LogP contribution in [0.25, 0.3) is 11.3 Å². The molecule has 0 saturated carbocycles. The Morgan fingerprint density at radius 1 is 0.909 bits per heavy atom. The molecule has 108 valence electrons. The van der Waals surface area contributed by atoms with Gasteiger partial charge >= 0.3 is 5.63 Å². The molecule has 3 aromatic rings. The molecule has 0 radical (unpaired) electrons. The van der Waals surface area contributed by atoms with Crippen LogP contribution < -0.4 is 5.63 Å². The summed E-state index contributed by atoms with van der Waals surface area (Å²) in [6.07, 6.45) is 0. The van der Waals surface area contributed by atoms with Crippen LogP contribution in [0.2, 0.25) is 0 Å². The Kier molecular flexibility index (Phi) is 3.71. The van der Waals surface area contributed by atoms with E-state index in [1.54, 1.807) is 30.3 Å². The molecule has 0 saturated heterocycles. The van der Waals surface area contributed by atoms with Crippen LogP contribution in [0.5, 0.6) is 0 Å². The first-order valence-electron chi connectivity index (χ1n) is 6.97. The van der Waals surface area contributed by atoms with Crippen molar-refractivity contribution >= 4 is 5.78 Å². The second-order valence-electron chi connectivity index (χ2n) is 5.02. The summed E-state index contributed by atoms with van der Waals surface area (Å²) in [4.78, 5) is 24.6. The van der Waals surface area contributed by atoms with Crippen molar-refractivity contribution in [2.24, 2.45) is 0 Å². The Labute approximate surface area is 127 Å². The maximum Gasteiger partial charge on any atom is 0.347 e. The molecule has 0 atom stereocenters. The van der Waals surface area contributed by atoms with Crippen molar-refractivity contribution in [1.82, 2.24) is 0 Å². The molecule has 0 aliphatic carbocycles. The van der Waals surface area contributed by atoms with Crippen LogP contribution in [-0.2, 0) is 0 Å². The minimum atomic E-state index is -0.613. The smallest absolute Gasteiger partial charge is 0.347 e. The molecule has 3 heteroatoms. The van der Waals surface area contributed by atoms with Gasteiger partial charge in [-0.2, -0.15) is 0 Å². The standard InChI is InChI=1S/C19H14O3/c1-13-12-16(17(20)14-8-4-2-5-9-14)19(21)22-18(13)15-10-6-3-7-11-15/h2-12H,1H3. The average Bonchev–Trinajstić information content (AvgIpc) is 2.57. The molecule has 22 heavy (non-hydrogen) atoms. The van der Waals surface area contributed by atoms with Gasteiger partial charge in [-0.05, 0) is 18.6 Å². The Morgan fingerprint density at radius 3 is 2.14 bits per heavy atom. The molecule has 1 aromatic heterocycles. The number of rotatable bonds is 3. The summed E-state index contributed by atoms with van der Waals surface area (Å²) in [7, 11) is 0. The highest BCUT2D eigenvalue weighted by atomic mass is 16.4. The zero-order chi connectivity index (χ0) is 15.5. The Morgan fingerprint density at radius 2 is 1.50 bits per heavy atom. The average molecular weight is 290 g/mol. The molecule has 0 N–H and O–H groups in total. The van der Waals surface area contributed by atoms with Gasteiger partial charge in [-0.25, -0.2) is 4.79 Å². The van der Waals surface area contributed by atoms with E-state index < -0.39 is 5.63 Å². The molecule has 0 spiro atoms. The van der Waals surface area contributed by atoms with Crippen molar-refractivity contribution < 1.29 is 9.21 Å². The van der Waals surface area contributed by atoms with Crippen LogP contribution in [0.4, 0.5) is 0 Å². The molecule has 0 aliphatic rings. The number of hydrogen-bond acceptors (Lipinski definition) is 3. The van der Waals surface area contributed by atoms with Gasteiger partial charge in [-0.15, -0.1) is 0 Å². The molecule has 0 aliphatic heterocycles. The van der Waals surface area contributed by atoms with Crippen LogP contribution in [0.15, 0.2) is 75.9 Å². The SMILES string of the molecule is Cc1cc(C(=O)c2ccccc2)c(=O)oc1-c1ccccc1. The molecule has 0 fully saturated rings. The summed E-state index contributed by atoms with van der Waals surface area (Å²) in [5.41, 5.74) is 1.49. The van der Waals surface area contributed by atoms with E-state index >= 15 is 0 Å². The van der Waals surface area contributed by atoms with Gasteiger partial charge in [0.1, 0.15) is 11.3 Å². The van der Waals surface area contributed by atoms with Crippen LogP contribution in [0.1, 0.15) is 21.5 Å². The van der Waals surface area contributed by atoms with Gasteiger partial charge < -0.3 is 4.42 Å². The van der Waals surface area contributed by atoms with Gasteiger partial charge in [0.15, 0.2) is 5.78 Å². The highest BCUT2D eigenvalue weighted by Gasteiger charge is 2.17. The van der Waals surface area contributed by atoms with E-state index in [4.69, 9.17) is 4.42 Å². The fraction of sp³-hybridized carbons (Fsp3) is 0.0526. The van der Waals surface area contributed by atoms with Crippen molar-refractivity contribution in [3.63, 3.8) is 0 Å². The van der Waals surface area contributed by atoms with Crippen LogP contribution in [0, 0.1) is 6.92 Å². The third-order valence-electron chi connectivity index (χ3n) is 3.45. The summed E-state index contributed by atoms with van der Waals surface area (Å²) < 4.78 is 5.39. The third-order valence-corrected chi connectivity index (χ3v) is 3.45. The molecule has 3 nitrogen and oxygen atoms in total. The van der Waals surface area contributed by atoms with Crippen LogP contribution >= 0.6 is 0 Å². The Bertz CT molecular complexity index is 862. The van der Waals surface area contributed by atoms with Gasteiger partial charge in [0, 0.05) is 11.1 Å². The van der Waals surface area contributed by atoms with Gasteiger partial charge in [-0.1, -0.05) is 60.7 Å². The fourth-order valence-electron chi connectivity index (χ4n) is 2.35. The first-order chi connectivity index (χ1) is 10.7. The summed E-state index contributed by atoms with van der Waals surface area (Å²) in [6.45, 7) is 1.83. The fourth-order valence-corrected chi connectivity index (χ4v) is 2.35. The van der Waals surface area contributed by atoms with E-state index in [-0.39, 0.29) is 11.3 Å². The zero-order valence-corrected chi connectivity index (χ0v) is 12.1. The number of ketones is 1. The Balaban J connectivity index is 2.08. The lowest BCUT2D eigenvalue weighted by atomic mass is 10.0. The molecular weight excluding hydrogens is 276 g/mol. The lowest BCUT2D eigenvalue weighted by molar-refractivity contribution is 0.103. The largest absolute Gasteiger partial charge is 0.422 e. The van der Waals surface area contributed by atoms with E-state index in [0.29, 0.717) is 11.3 Å². The first kappa shape index (κ1) is 14.0. The van der Waals surface area contributed by atoms with E-state index in [2.05, 4.69) is 0 Å². The molecule has 0 unspecified atom stereocenters. The highest BCUT2D eigenvalue weighted by molar-refractivity contribution is 6.08. The third kappa shape index (κ3) is 2.61. The zero-order valence-electron chi connectivity index (χ0n) is 12.1. The predicted molar refractivity (Wildman–Crippen MR) is 85.0 cm³/mol. The minimum Gasteiger partial charge on any atom is -0.422 e. The van der Waals surface area contributed by atoms with Crippen molar-refractivity contribution in [1.29, 1.82) is 0 Å². The van der Waals surface area contributed by atoms with Crippen molar-refractivity contribution in [2.45, 2.75) is 6.92 Å². The van der Waals surface area contributed by atoms with Gasteiger partial charge in [-0.3, -0.25) is 4.79 Å². The summed E-state index contributed by atoms with van der Waals surface area (Å²) in [5.74, 6) is 0.173. The monoisotopic (exact) mass is 290 g/mol. The quantitative estimate of drug-likeness (QED) is 0.688. The van der Waals surface area contributed by atoms with E-state index in [9.17, 15) is 9.59 Å². The molecule has 3 rings (SSSR count). The summed E-state index contributed by atoms with van der Waals surface area (Å²) in [5, 5.41) is 0. The first-order valence-corrected chi connectivity index (χ1v) is 6.97. The molecule has 1 heterocycles. The van der Waals surface area contributed by atoms with Crippen LogP contribution in [0.3, 0.4) is 0 Å². The summed E-state index contributed by atoms with van der Waals surface area (Å²) in [6, 6.07) is 19.7. The topological polar surface area (TPSA) is 47.3 Å². The highest BCUT2D eigenvalue weighted by Crippen LogP contribution is 2.22. The molecule has 0 amide bonds. The maximum atomic E-state index is 12.4. The van der Waals surface area contributed by atoms with Crippen LogP contribution in [-0.4, -0.2) is 5.78 Å². The lowest BCUT2D eigenvalue weighted by Gasteiger charge is -2.06. The minimum absolute atomic E-state index is 0.0587. The van der Waals surface area contributed by atoms with Crippen molar-refractivity contribution in [3.8, 4) is 11.3 Å². The number of carbonyl (C=O) groups excluding carboxylic acids is 1. The van der Waals surface area contributed by atoms with E-state index in [0.717, 1.165) is 11.1 Å². The molecular formula is C19H14O3. The molecule has 0 bridgehead atoms. The predicted octanol–water partition coefficient (Wildman–Crippen LogP) is 3.85.